The molecule has 1 aromatic rings. The monoisotopic (exact) mass is 346 g/mol. The molecule has 2 amide bonds. The zero-order valence-electron chi connectivity index (χ0n) is 15.0. The van der Waals surface area contributed by atoms with Crippen molar-refractivity contribution in [1.82, 2.24) is 10.2 Å². The summed E-state index contributed by atoms with van der Waals surface area (Å²) in [6.07, 6.45) is 2.39. The van der Waals surface area contributed by atoms with Crippen LogP contribution < -0.4 is 5.32 Å². The number of carboxylic acid groups (broad SMARTS) is 1. The Labute approximate surface area is 148 Å². The van der Waals surface area contributed by atoms with Gasteiger partial charge in [0.2, 0.25) is 0 Å². The highest BCUT2D eigenvalue weighted by Crippen LogP contribution is 2.32. The maximum absolute atomic E-state index is 12.6. The second kappa shape index (κ2) is 7.68. The van der Waals surface area contributed by atoms with Gasteiger partial charge in [0.1, 0.15) is 5.54 Å². The van der Waals surface area contributed by atoms with Crippen LogP contribution in [-0.4, -0.2) is 46.9 Å². The first kappa shape index (κ1) is 19.0. The molecule has 6 heteroatoms. The van der Waals surface area contributed by atoms with Crippen molar-refractivity contribution in [3.63, 3.8) is 0 Å². The third kappa shape index (κ3) is 4.18. The van der Waals surface area contributed by atoms with Crippen LogP contribution in [0.25, 0.3) is 0 Å². The third-order valence-corrected chi connectivity index (χ3v) is 5.08. The first-order valence-corrected chi connectivity index (χ1v) is 8.70. The van der Waals surface area contributed by atoms with Crippen LogP contribution in [0, 0.1) is 5.92 Å². The molecule has 6 nitrogen and oxygen atoms in total. The minimum absolute atomic E-state index is 0.170. The first-order chi connectivity index (χ1) is 11.8. The van der Waals surface area contributed by atoms with Crippen LogP contribution >= 0.6 is 0 Å². The van der Waals surface area contributed by atoms with E-state index in [1.165, 1.54) is 6.07 Å². The summed E-state index contributed by atoms with van der Waals surface area (Å²) in [5.74, 6) is -1.15. The molecule has 0 spiro atoms. The molecule has 136 valence electrons. The van der Waals surface area contributed by atoms with E-state index in [-0.39, 0.29) is 5.91 Å². The van der Waals surface area contributed by atoms with Crippen LogP contribution in [0.4, 0.5) is 0 Å². The lowest BCUT2D eigenvalue weighted by Gasteiger charge is -2.36. The Morgan fingerprint density at radius 1 is 1.24 bits per heavy atom. The Hall–Kier alpha value is -2.37. The molecule has 0 heterocycles. The van der Waals surface area contributed by atoms with Gasteiger partial charge >= 0.3 is 5.97 Å². The molecule has 1 aliphatic rings. The van der Waals surface area contributed by atoms with Crippen molar-refractivity contribution in [2.24, 2.45) is 5.92 Å². The number of hydrogen-bond donors (Lipinski definition) is 2. The van der Waals surface area contributed by atoms with E-state index in [1.54, 1.807) is 30.1 Å². The molecule has 0 aromatic heterocycles. The molecule has 0 unspecified atom stereocenters. The van der Waals surface area contributed by atoms with Gasteiger partial charge in [0, 0.05) is 24.7 Å². The molecule has 1 aliphatic carbocycles. The molecule has 0 saturated heterocycles. The number of carbonyl (C=O) groups is 3. The lowest BCUT2D eigenvalue weighted by Crippen LogP contribution is -2.56. The number of nitrogens with zero attached hydrogens (tertiary/aromatic N) is 1. The van der Waals surface area contributed by atoms with E-state index in [2.05, 4.69) is 12.2 Å². The summed E-state index contributed by atoms with van der Waals surface area (Å²) >= 11 is 0. The molecule has 2 N–H and O–H groups in total. The summed E-state index contributed by atoms with van der Waals surface area (Å²) in [5.41, 5.74) is -0.502. The summed E-state index contributed by atoms with van der Waals surface area (Å²) < 4.78 is 0. The van der Waals surface area contributed by atoms with E-state index in [1.807, 2.05) is 6.92 Å². The van der Waals surface area contributed by atoms with Crippen LogP contribution in [0.2, 0.25) is 0 Å². The third-order valence-electron chi connectivity index (χ3n) is 5.08. The predicted octanol–water partition coefficient (Wildman–Crippen LogP) is 2.54. The second-order valence-corrected chi connectivity index (χ2v) is 6.92. The van der Waals surface area contributed by atoms with E-state index in [0.29, 0.717) is 36.4 Å². The number of carboxylic acids is 1. The molecule has 25 heavy (non-hydrogen) atoms. The first-order valence-electron chi connectivity index (χ1n) is 8.70. The SMILES string of the molecule is CCN(C)C(=O)c1cccc(C(=O)NC2(C(=O)O)CCC(C)CC2)c1. The van der Waals surface area contributed by atoms with Crippen molar-refractivity contribution >= 4 is 17.8 Å². The number of amides is 2. The molecule has 0 radical (unpaired) electrons. The van der Waals surface area contributed by atoms with Gasteiger partial charge in [-0.2, -0.15) is 0 Å². The molecule has 0 bridgehead atoms. The van der Waals surface area contributed by atoms with Gasteiger partial charge in [0.25, 0.3) is 11.8 Å². The normalized spacial score (nSPS) is 22.9. The largest absolute Gasteiger partial charge is 0.480 e. The van der Waals surface area contributed by atoms with Crippen LogP contribution in [0.3, 0.4) is 0 Å². The summed E-state index contributed by atoms with van der Waals surface area (Å²) in [6, 6.07) is 6.41. The van der Waals surface area contributed by atoms with Gasteiger partial charge in [-0.3, -0.25) is 9.59 Å². The molecule has 1 aromatic carbocycles. The number of carbonyl (C=O) groups excluding carboxylic acids is 2. The lowest BCUT2D eigenvalue weighted by molar-refractivity contribution is -0.146. The average Bonchev–Trinajstić information content (AvgIpc) is 2.62. The molecule has 0 aliphatic heterocycles. The Kier molecular flexibility index (Phi) is 5.82. The highest BCUT2D eigenvalue weighted by Gasteiger charge is 2.42. The summed E-state index contributed by atoms with van der Waals surface area (Å²) in [7, 11) is 1.69. The summed E-state index contributed by atoms with van der Waals surface area (Å²) in [5, 5.41) is 12.4. The summed E-state index contributed by atoms with van der Waals surface area (Å²) in [6.45, 7) is 4.53. The van der Waals surface area contributed by atoms with Crippen LogP contribution in [0.15, 0.2) is 24.3 Å². The fourth-order valence-corrected chi connectivity index (χ4v) is 3.09. The van der Waals surface area contributed by atoms with Gasteiger partial charge in [-0.1, -0.05) is 13.0 Å². The van der Waals surface area contributed by atoms with Gasteiger partial charge in [0.05, 0.1) is 0 Å². The second-order valence-electron chi connectivity index (χ2n) is 6.92. The smallest absolute Gasteiger partial charge is 0.329 e. The highest BCUT2D eigenvalue weighted by atomic mass is 16.4. The van der Waals surface area contributed by atoms with E-state index in [4.69, 9.17) is 0 Å². The van der Waals surface area contributed by atoms with Gasteiger partial charge in [-0.15, -0.1) is 0 Å². The van der Waals surface area contributed by atoms with E-state index in [9.17, 15) is 19.5 Å². The van der Waals surface area contributed by atoms with E-state index < -0.39 is 17.4 Å². The maximum atomic E-state index is 12.6. The Morgan fingerprint density at radius 3 is 2.40 bits per heavy atom. The van der Waals surface area contributed by atoms with Gasteiger partial charge in [-0.05, 0) is 56.7 Å². The maximum Gasteiger partial charge on any atom is 0.329 e. The van der Waals surface area contributed by atoms with Crippen LogP contribution in [-0.2, 0) is 4.79 Å². The highest BCUT2D eigenvalue weighted by molar-refractivity contribution is 6.01. The van der Waals surface area contributed by atoms with Crippen LogP contribution in [0.5, 0.6) is 0 Å². The zero-order chi connectivity index (χ0) is 18.6. The van der Waals surface area contributed by atoms with Gasteiger partial charge in [0.15, 0.2) is 0 Å². The topological polar surface area (TPSA) is 86.7 Å². The van der Waals surface area contributed by atoms with Gasteiger partial charge < -0.3 is 15.3 Å². The average molecular weight is 346 g/mol. The zero-order valence-corrected chi connectivity index (χ0v) is 15.0. The standard InChI is InChI=1S/C19H26N2O4/c1-4-21(3)17(23)15-7-5-6-14(12-15)16(22)20-19(18(24)25)10-8-13(2)9-11-19/h5-7,12-13H,4,8-11H2,1-3H3,(H,20,22)(H,24,25). The van der Waals surface area contributed by atoms with Crippen molar-refractivity contribution in [2.75, 3.05) is 13.6 Å². The fraction of sp³-hybridized carbons (Fsp3) is 0.526. The molecular weight excluding hydrogens is 320 g/mol. The van der Waals surface area contributed by atoms with Crippen molar-refractivity contribution < 1.29 is 19.5 Å². The van der Waals surface area contributed by atoms with E-state index >= 15 is 0 Å². The molecular formula is C19H26N2O4. The number of nitrogens with one attached hydrogen (secondary N) is 1. The Bertz CT molecular complexity index is 663. The van der Waals surface area contributed by atoms with Crippen molar-refractivity contribution in [3.8, 4) is 0 Å². The minimum Gasteiger partial charge on any atom is -0.480 e. The number of hydrogen-bond acceptors (Lipinski definition) is 3. The number of aliphatic carboxylic acids is 1. The van der Waals surface area contributed by atoms with Crippen molar-refractivity contribution in [2.45, 2.75) is 45.1 Å². The number of benzene rings is 1. The molecule has 0 atom stereocenters. The van der Waals surface area contributed by atoms with Crippen molar-refractivity contribution in [1.29, 1.82) is 0 Å². The number of rotatable bonds is 5. The summed E-state index contributed by atoms with van der Waals surface area (Å²) in [4.78, 5) is 38.2. The lowest BCUT2D eigenvalue weighted by atomic mass is 9.77. The quantitative estimate of drug-likeness (QED) is 0.858. The fourth-order valence-electron chi connectivity index (χ4n) is 3.09. The molecule has 1 saturated carbocycles. The van der Waals surface area contributed by atoms with Gasteiger partial charge in [-0.25, -0.2) is 4.79 Å². The molecule has 1 fully saturated rings. The Balaban J connectivity index is 2.20. The minimum atomic E-state index is -1.22. The van der Waals surface area contributed by atoms with E-state index in [0.717, 1.165) is 12.8 Å². The Morgan fingerprint density at radius 2 is 1.84 bits per heavy atom. The van der Waals surface area contributed by atoms with Crippen molar-refractivity contribution in [3.05, 3.63) is 35.4 Å². The van der Waals surface area contributed by atoms with Crippen LogP contribution in [0.1, 0.15) is 60.2 Å². The molecule has 2 rings (SSSR count). The predicted molar refractivity (Wildman–Crippen MR) is 94.5 cm³/mol.